The lowest BCUT2D eigenvalue weighted by Gasteiger charge is -2.30. The normalized spacial score (nSPS) is 18.6. The van der Waals surface area contributed by atoms with Crippen LogP contribution in [0.5, 0.6) is 0 Å². The molecule has 0 amide bonds. The zero-order valence-corrected chi connectivity index (χ0v) is 80.7. The van der Waals surface area contributed by atoms with E-state index in [9.17, 15) is 4.11 Å². The molecule has 0 atom stereocenters. The summed E-state index contributed by atoms with van der Waals surface area (Å²) >= 11 is 0. The Labute approximate surface area is 836 Å². The molecule has 5 aliphatic heterocycles. The Bertz CT molecular complexity index is 7980. The van der Waals surface area contributed by atoms with Gasteiger partial charge in [0.2, 0.25) is 0 Å². The van der Waals surface area contributed by atoms with Crippen molar-refractivity contribution in [3.8, 4) is 0 Å². The molecule has 5 aromatic heterocycles. The van der Waals surface area contributed by atoms with E-state index in [0.29, 0.717) is 38.5 Å². The van der Waals surface area contributed by atoms with E-state index in [4.69, 9.17) is 24.7 Å². The van der Waals surface area contributed by atoms with Gasteiger partial charge in [0, 0.05) is 114 Å². The number of para-hydroxylation sites is 10. The molecule has 0 radical (unpaired) electrons. The van der Waals surface area contributed by atoms with Gasteiger partial charge in [-0.05, 0) is 213 Å². The van der Waals surface area contributed by atoms with E-state index in [2.05, 4.69) is 99.0 Å². The molecule has 0 spiro atoms. The summed E-state index contributed by atoms with van der Waals surface area (Å²) < 4.78 is 186. The molecule has 2 saturated carbocycles. The summed E-state index contributed by atoms with van der Waals surface area (Å²) in [4.78, 5) is 10.5. The van der Waals surface area contributed by atoms with Gasteiger partial charge in [-0.3, -0.25) is 24.1 Å². The fourth-order valence-electron chi connectivity index (χ4n) is 21.2. The summed E-state index contributed by atoms with van der Waals surface area (Å²) in [6, 6.07) is 90.2. The number of hydrogen-bond acceptors (Lipinski definition) is 5. The molecular weight excluding hydrogens is 1640 g/mol. The van der Waals surface area contributed by atoms with Gasteiger partial charge in [-0.25, -0.2) is 22.8 Å². The third kappa shape index (κ3) is 18.2. The minimum absolute atomic E-state index is 0.0240. The van der Waals surface area contributed by atoms with Crippen LogP contribution in [-0.4, -0.2) is 34.2 Å². The van der Waals surface area contributed by atoms with Crippen molar-refractivity contribution >= 4 is 177 Å². The van der Waals surface area contributed by atoms with Gasteiger partial charge in [0.15, 0.2) is 0 Å². The molecule has 676 valence electrons. The van der Waals surface area contributed by atoms with Crippen molar-refractivity contribution in [3.05, 3.63) is 356 Å². The van der Waals surface area contributed by atoms with E-state index in [1.54, 1.807) is 18.2 Å². The van der Waals surface area contributed by atoms with Gasteiger partial charge in [-0.15, -0.1) is 0 Å². The highest BCUT2D eigenvalue weighted by Crippen LogP contribution is 2.46. The highest BCUT2D eigenvalue weighted by molar-refractivity contribution is 6.74. The number of aromatic nitrogens is 5. The predicted octanol–water partition coefficient (Wildman–Crippen LogP) is 28.3. The van der Waals surface area contributed by atoms with Crippen LogP contribution in [0.4, 0.5) is 57.5 Å². The Balaban J connectivity index is 0.000000127. The average molecular weight is 1790 g/mol. The topological polar surface area (TPSA) is 35.6 Å². The second-order valence-electron chi connectivity index (χ2n) is 37.8. The van der Waals surface area contributed by atoms with Crippen molar-refractivity contribution in [1.29, 1.82) is 0 Å². The quantitative estimate of drug-likeness (QED) is 0.0953. The largest absolute Gasteiger partial charge is 0.405 e. The van der Waals surface area contributed by atoms with Gasteiger partial charge in [0.25, 0.3) is 29.1 Å². The average Bonchev–Trinajstić information content (AvgIpc) is 1.04. The Morgan fingerprint density at radius 3 is 0.985 bits per heavy atom. The maximum absolute atomic E-state index is 9.30. The lowest BCUT2D eigenvalue weighted by molar-refractivity contribution is -0.631. The number of hydrogen-bond donors (Lipinski definition) is 0. The summed E-state index contributed by atoms with van der Waals surface area (Å²) in [5.74, 6) is 2.69. The van der Waals surface area contributed by atoms with Crippen LogP contribution in [0.25, 0.3) is 84.9 Å². The molecule has 15 heteroatoms. The van der Waals surface area contributed by atoms with Crippen LogP contribution >= 0.6 is 0 Å². The highest BCUT2D eigenvalue weighted by Gasteiger charge is 2.44. The number of pyridine rings is 5. The summed E-state index contributed by atoms with van der Waals surface area (Å²) in [5.41, 5.74) is 20.9. The van der Waals surface area contributed by atoms with Gasteiger partial charge in [-0.2, -0.15) is 0 Å². The first-order chi connectivity index (χ1) is 73.5. The summed E-state index contributed by atoms with van der Waals surface area (Å²) in [5, 5.41) is 5.13. The van der Waals surface area contributed by atoms with Crippen LogP contribution in [-0.2, 0) is 48.0 Å². The highest BCUT2D eigenvalue weighted by atomic mass is 15.2. The van der Waals surface area contributed by atoms with Crippen molar-refractivity contribution in [2.45, 2.75) is 185 Å². The molecule has 10 nitrogen and oxygen atoms in total. The molecule has 15 aromatic rings. The molecule has 0 unspecified atom stereocenters. The van der Waals surface area contributed by atoms with Crippen LogP contribution in [0.3, 0.4) is 0 Å². The zero-order chi connectivity index (χ0) is 112. The third-order valence-corrected chi connectivity index (χ3v) is 28.6. The molecule has 7 aliphatic rings. The summed E-state index contributed by atoms with van der Waals surface area (Å²) in [6.45, 7) is 6.67. The van der Waals surface area contributed by atoms with E-state index >= 15 is 0 Å². The molecule has 2 fully saturated rings. The molecule has 22 rings (SSSR count). The summed E-state index contributed by atoms with van der Waals surface area (Å²) in [6.07, 6.45) is 15.0. The number of allylic oxidation sites excluding steroid dienone is 5. The molecule has 10 aromatic carbocycles. The fraction of sp³-hybridized carbons (Fsp3) is 0.292. The summed E-state index contributed by atoms with van der Waals surface area (Å²) in [7, 11) is 10.0. The number of nitrogens with zero attached hydrogens (tertiary/aromatic N) is 10. The Morgan fingerprint density at radius 2 is 0.615 bits per heavy atom. The van der Waals surface area contributed by atoms with Gasteiger partial charge < -0.3 is 0 Å². The maximum atomic E-state index is 9.30. The number of rotatable bonds is 11. The lowest BCUT2D eigenvalue weighted by atomic mass is 9.54. The van der Waals surface area contributed by atoms with Crippen LogP contribution in [0.15, 0.2) is 300 Å². The van der Waals surface area contributed by atoms with Crippen molar-refractivity contribution in [2.24, 2.45) is 47.1 Å². The van der Waals surface area contributed by atoms with Crippen LogP contribution in [0.2, 0.25) is 34.1 Å². The van der Waals surface area contributed by atoms with Crippen molar-refractivity contribution in [1.82, 2.24) is 0 Å². The monoisotopic (exact) mass is 1790 g/mol. The van der Waals surface area contributed by atoms with E-state index in [-0.39, 0.29) is 32.4 Å². The Kier molecular flexibility index (Phi) is 20.6. The van der Waals surface area contributed by atoms with Crippen molar-refractivity contribution < 1.29 is 51.6 Å². The number of fused-ring (bicyclic) bond motifs is 10. The first kappa shape index (κ1) is 70.0. The zero-order valence-electron chi connectivity index (χ0n) is 102. The van der Waals surface area contributed by atoms with Crippen molar-refractivity contribution in [3.63, 3.8) is 0 Å². The molecule has 10 heterocycles. The van der Waals surface area contributed by atoms with E-state index in [1.807, 2.05) is 337 Å². The number of aryl methyl sites for hydroxylation is 6. The lowest BCUT2D eigenvalue weighted by Crippen LogP contribution is -2.45. The van der Waals surface area contributed by atoms with Crippen molar-refractivity contribution in [2.75, 3.05) is 24.1 Å². The van der Waals surface area contributed by atoms with Crippen LogP contribution in [0, 0.1) is 18.8 Å². The fourth-order valence-corrected chi connectivity index (χ4v) is 21.2. The molecule has 0 bridgehead atoms. The molecule has 0 saturated heterocycles. The number of anilines is 10. The van der Waals surface area contributed by atoms with Gasteiger partial charge in [-0.1, -0.05) is 312 Å². The first-order valence-corrected chi connectivity index (χ1v) is 48.1. The minimum atomic E-state index is -2.23. The predicted molar refractivity (Wildman–Crippen MR) is 584 cm³/mol. The smallest absolute Gasteiger partial charge is 0.287 e. The SMILES string of the molecule is [2H]C([2H])([2H])C1=Cc2ccccc2N(c2cc(C([2H])(C)C)c3ccccc3[n+]2C)B1C.[2H]C([2H])([2H])C1=Cc2ccccc2N(c2cc(C([2H])([2H])C(C)C)c3ccccc3[n+]2C)B1C.[2H]C([2H])([2H])C1=Cc2ccccc2N(c2cc(C([2H])([2H])C3CCCCC3)c3ccccc3[n+]2C)B1C.[2H]C([2H])([2H])C1=Cc2ccccc2N(c2cc(C)c3ccccc3[n+]2C)B1C.[2H]C([2H])([2H])C1=Cc2ccccc2N(c2cc(C3([2H])CCCC3)c3ccccc3[n+]2C)B1C. The number of benzene rings is 10. The van der Waals surface area contributed by atoms with E-state index in [0.717, 1.165) is 197 Å². The minimum Gasteiger partial charge on any atom is -0.287 e. The molecular formula is C120H136B5N10+5. The first-order valence-electron chi connectivity index (χ1n) is 58.6. The Morgan fingerprint density at radius 1 is 0.333 bits per heavy atom. The van der Waals surface area contributed by atoms with E-state index < -0.39 is 72.5 Å². The van der Waals surface area contributed by atoms with E-state index in [1.165, 1.54) is 17.4 Å². The molecule has 0 N–H and O–H groups in total. The Hall–Kier alpha value is -12.7. The standard InChI is InChI=1S/C27H32BN2.C25H28BN2.C24H28BN2.C23H26BN2.C21H22BN2/c1-20-17-22-13-7-9-15-25(22)30(28(20)2)27-19-23(18-21-11-5-4-6-12-21)24-14-8-10-16-26(24)29(27)3;1-18-16-20-12-6-8-14-23(20)28(26(18)2)25-17-22(19-10-4-5-11-19)21-13-7-9-15-24(21)27(25)3;1-17(2)14-20-16-24(26(5)23-13-9-7-11-21(20)23)27-22-12-8-6-10-19(22)15-18(3)25(27)4;1-16(2)20-15-23(25(5)22-13-9-7-11-19(20)22)26-21-12-8-6-10-18(21)14-17(3)24(26)4;1-15-13-21(23(4)20-12-8-6-10-18(15)20)24-19-11-7-5-9-17(19)14-16(2)22(24)3/h7-10,13-17,19,21H,4-6,11-12,18H2,1-3H3;6-9,12-17,19H,4-5,10-11H2,1-3H3;6-13,15-17H,14H2,1-5H3;6-16H,1-5H3;5-14H,1-4H3/q5*+1/i1D3,18D2;1D3,19D;3D3,14D2;3D3,16D;2D3. The molecule has 135 heavy (non-hydrogen) atoms. The van der Waals surface area contributed by atoms with Gasteiger partial charge in [0.1, 0.15) is 56.0 Å². The van der Waals surface area contributed by atoms with Gasteiger partial charge >= 0.3 is 34.2 Å². The third-order valence-electron chi connectivity index (χ3n) is 28.6. The van der Waals surface area contributed by atoms with Crippen LogP contribution < -0.4 is 46.9 Å². The second-order valence-corrected chi connectivity index (χ2v) is 37.8. The second kappa shape index (κ2) is 39.7. The maximum Gasteiger partial charge on any atom is 0.405 e. The van der Waals surface area contributed by atoms with Crippen LogP contribution in [0.1, 0.15) is 216 Å². The molecule has 2 aliphatic carbocycles. The van der Waals surface area contributed by atoms with Gasteiger partial charge in [0.05, 0.1) is 35.2 Å².